The van der Waals surface area contributed by atoms with Gasteiger partial charge in [0, 0.05) is 17.8 Å². The van der Waals surface area contributed by atoms with Crippen LogP contribution in [0.1, 0.15) is 6.92 Å². The number of ketones is 2. The molecule has 1 saturated heterocycles. The molecule has 1 heterocycles. The number of carbonyl (C=O) groups excluding carboxylic acids is 2. The Bertz CT molecular complexity index is 431. The Morgan fingerprint density at radius 2 is 1.61 bits per heavy atom. The number of rotatable bonds is 1. The van der Waals surface area contributed by atoms with Crippen LogP contribution in [0.4, 0.5) is 0 Å². The highest BCUT2D eigenvalue weighted by Crippen LogP contribution is 2.41. The lowest BCUT2D eigenvalue weighted by Gasteiger charge is -2.38. The fourth-order valence-electron chi connectivity index (χ4n) is 3.16. The fourth-order valence-corrected chi connectivity index (χ4v) is 3.16. The molecule has 3 aliphatic rings. The van der Waals surface area contributed by atoms with Crippen molar-refractivity contribution in [2.45, 2.75) is 13.2 Å². The van der Waals surface area contributed by atoms with E-state index in [9.17, 15) is 9.59 Å². The van der Waals surface area contributed by atoms with Crippen LogP contribution < -0.4 is 0 Å². The third kappa shape index (κ3) is 1.76. The van der Waals surface area contributed by atoms with Gasteiger partial charge in [-0.25, -0.2) is 0 Å². The molecule has 18 heavy (non-hydrogen) atoms. The van der Waals surface area contributed by atoms with E-state index in [4.69, 9.17) is 9.47 Å². The molecule has 0 radical (unpaired) electrons. The number of allylic oxidation sites excluding steroid dienone is 3. The lowest BCUT2D eigenvalue weighted by atomic mass is 9.65. The molecule has 4 heteroatoms. The van der Waals surface area contributed by atoms with E-state index in [1.165, 1.54) is 12.2 Å². The molecule has 0 aromatic rings. The molecular formula is C14H16O4. The molecule has 3 rings (SSSR count). The Balaban J connectivity index is 1.95. The monoisotopic (exact) mass is 248 g/mol. The Hall–Kier alpha value is -1.26. The molecule has 0 N–H and O–H groups in total. The predicted octanol–water partition coefficient (Wildman–Crippen LogP) is 1.12. The van der Waals surface area contributed by atoms with Crippen LogP contribution in [-0.4, -0.2) is 31.1 Å². The fraction of sp³-hybridized carbons (Fsp3) is 0.571. The summed E-state index contributed by atoms with van der Waals surface area (Å²) >= 11 is 0. The zero-order valence-corrected chi connectivity index (χ0v) is 10.2. The molecule has 0 aromatic heterocycles. The zero-order valence-electron chi connectivity index (χ0n) is 10.2. The average Bonchev–Trinajstić information content (AvgIpc) is 2.87. The number of carbonyl (C=O) groups is 2. The molecule has 4 atom stereocenters. The highest BCUT2D eigenvalue weighted by Gasteiger charge is 2.47. The van der Waals surface area contributed by atoms with Crippen molar-refractivity contribution in [2.24, 2.45) is 23.7 Å². The van der Waals surface area contributed by atoms with Gasteiger partial charge < -0.3 is 9.47 Å². The van der Waals surface area contributed by atoms with E-state index in [1.54, 1.807) is 0 Å². The van der Waals surface area contributed by atoms with E-state index < -0.39 is 0 Å². The maximum Gasteiger partial charge on any atom is 0.164 e. The summed E-state index contributed by atoms with van der Waals surface area (Å²) in [7, 11) is 0. The Morgan fingerprint density at radius 1 is 1.00 bits per heavy atom. The van der Waals surface area contributed by atoms with Gasteiger partial charge >= 0.3 is 0 Å². The molecule has 0 bridgehead atoms. The molecule has 0 aromatic carbocycles. The van der Waals surface area contributed by atoms with E-state index in [2.05, 4.69) is 0 Å². The molecular weight excluding hydrogens is 232 g/mol. The summed E-state index contributed by atoms with van der Waals surface area (Å²) < 4.78 is 11.0. The number of hydrogen-bond donors (Lipinski definition) is 0. The van der Waals surface area contributed by atoms with Gasteiger partial charge in [-0.3, -0.25) is 9.59 Å². The smallest absolute Gasteiger partial charge is 0.164 e. The van der Waals surface area contributed by atoms with Crippen molar-refractivity contribution in [3.8, 4) is 0 Å². The minimum atomic E-state index is -0.385. The van der Waals surface area contributed by atoms with Crippen molar-refractivity contribution < 1.29 is 19.1 Å². The van der Waals surface area contributed by atoms with Gasteiger partial charge in [0.2, 0.25) is 0 Å². The molecule has 0 unspecified atom stereocenters. The van der Waals surface area contributed by atoms with Gasteiger partial charge in [-0.2, -0.15) is 0 Å². The van der Waals surface area contributed by atoms with E-state index >= 15 is 0 Å². The van der Waals surface area contributed by atoms with Gasteiger partial charge in [0.15, 0.2) is 17.9 Å². The molecule has 2 aliphatic carbocycles. The summed E-state index contributed by atoms with van der Waals surface area (Å²) in [6.07, 6.45) is 6.40. The first kappa shape index (κ1) is 11.8. The van der Waals surface area contributed by atoms with Crippen LogP contribution in [0.3, 0.4) is 0 Å². The Kier molecular flexibility index (Phi) is 2.92. The normalized spacial score (nSPS) is 40.3. The topological polar surface area (TPSA) is 52.6 Å². The summed E-state index contributed by atoms with van der Waals surface area (Å²) in [6, 6.07) is 0. The van der Waals surface area contributed by atoms with Crippen molar-refractivity contribution in [3.63, 3.8) is 0 Å². The first-order chi connectivity index (χ1) is 8.68. The second-order valence-corrected chi connectivity index (χ2v) is 5.12. The molecule has 0 saturated carbocycles. The molecule has 0 amide bonds. The summed E-state index contributed by atoms with van der Waals surface area (Å²) in [5, 5.41) is 0. The lowest BCUT2D eigenvalue weighted by molar-refractivity contribution is -0.141. The zero-order chi connectivity index (χ0) is 12.7. The van der Waals surface area contributed by atoms with Crippen molar-refractivity contribution >= 4 is 11.6 Å². The lowest BCUT2D eigenvalue weighted by Crippen LogP contribution is -2.45. The maximum atomic E-state index is 12.1. The SMILES string of the molecule is C[C@@H]1C=C[C@@H](C2OCCO2)[C@H]2C(=O)C=CC(=O)[C@@H]21. The average molecular weight is 248 g/mol. The minimum absolute atomic E-state index is 0.0138. The van der Waals surface area contributed by atoms with Gasteiger partial charge in [-0.05, 0) is 18.1 Å². The molecule has 0 spiro atoms. The minimum Gasteiger partial charge on any atom is -0.350 e. The van der Waals surface area contributed by atoms with Crippen LogP contribution in [0.5, 0.6) is 0 Å². The largest absolute Gasteiger partial charge is 0.350 e. The van der Waals surface area contributed by atoms with Gasteiger partial charge in [-0.1, -0.05) is 19.1 Å². The quantitative estimate of drug-likeness (QED) is 0.653. The number of ether oxygens (including phenoxy) is 2. The van der Waals surface area contributed by atoms with Crippen LogP contribution in [0.2, 0.25) is 0 Å². The first-order valence-corrected chi connectivity index (χ1v) is 6.36. The summed E-state index contributed by atoms with van der Waals surface area (Å²) in [4.78, 5) is 24.1. The maximum absolute atomic E-state index is 12.1. The van der Waals surface area contributed by atoms with Crippen molar-refractivity contribution in [1.29, 1.82) is 0 Å². The second kappa shape index (κ2) is 4.44. The molecule has 96 valence electrons. The number of fused-ring (bicyclic) bond motifs is 1. The van der Waals surface area contributed by atoms with Crippen LogP contribution in [0.25, 0.3) is 0 Å². The second-order valence-electron chi connectivity index (χ2n) is 5.12. The number of hydrogen-bond acceptors (Lipinski definition) is 4. The summed E-state index contributed by atoms with van der Waals surface area (Å²) in [5.74, 6) is -0.584. The Morgan fingerprint density at radius 3 is 2.28 bits per heavy atom. The van der Waals surface area contributed by atoms with Crippen LogP contribution in [-0.2, 0) is 19.1 Å². The van der Waals surface area contributed by atoms with Crippen molar-refractivity contribution in [2.75, 3.05) is 13.2 Å². The summed E-state index contributed by atoms with van der Waals surface area (Å²) in [6.45, 7) is 3.09. The van der Waals surface area contributed by atoms with Crippen molar-refractivity contribution in [3.05, 3.63) is 24.3 Å². The van der Waals surface area contributed by atoms with Gasteiger partial charge in [0.25, 0.3) is 0 Å². The van der Waals surface area contributed by atoms with E-state index in [0.717, 1.165) is 0 Å². The third-order valence-corrected chi connectivity index (χ3v) is 4.04. The molecule has 1 fully saturated rings. The molecule has 1 aliphatic heterocycles. The standard InChI is InChI=1S/C14H16O4/c1-8-2-3-9(14-17-6-7-18-14)13-11(16)5-4-10(15)12(8)13/h2-5,8-9,12-14H,6-7H2,1H3/t8-,9-,12+,13+/m1/s1. The van der Waals surface area contributed by atoms with Gasteiger partial charge in [-0.15, -0.1) is 0 Å². The summed E-state index contributed by atoms with van der Waals surface area (Å²) in [5.41, 5.74) is 0. The molecule has 4 nitrogen and oxygen atoms in total. The third-order valence-electron chi connectivity index (χ3n) is 4.04. The van der Waals surface area contributed by atoms with E-state index in [-0.39, 0.29) is 41.5 Å². The van der Waals surface area contributed by atoms with E-state index in [0.29, 0.717) is 13.2 Å². The predicted molar refractivity (Wildman–Crippen MR) is 63.6 cm³/mol. The highest BCUT2D eigenvalue weighted by atomic mass is 16.7. The van der Waals surface area contributed by atoms with Crippen molar-refractivity contribution in [1.82, 2.24) is 0 Å². The van der Waals surface area contributed by atoms with Gasteiger partial charge in [0.1, 0.15) is 0 Å². The first-order valence-electron chi connectivity index (χ1n) is 6.36. The Labute approximate surface area is 106 Å². The van der Waals surface area contributed by atoms with Crippen LogP contribution in [0, 0.1) is 23.7 Å². The van der Waals surface area contributed by atoms with Crippen LogP contribution >= 0.6 is 0 Å². The van der Waals surface area contributed by atoms with Crippen LogP contribution in [0.15, 0.2) is 24.3 Å². The van der Waals surface area contributed by atoms with Gasteiger partial charge in [0.05, 0.1) is 13.2 Å². The van der Waals surface area contributed by atoms with E-state index in [1.807, 2.05) is 19.1 Å². The highest BCUT2D eigenvalue weighted by molar-refractivity contribution is 6.07.